The molecule has 2 rings (SSSR count). The highest BCUT2D eigenvalue weighted by Gasteiger charge is 2.21. The van der Waals surface area contributed by atoms with Gasteiger partial charge in [-0.15, -0.1) is 0 Å². The lowest BCUT2D eigenvalue weighted by atomic mass is 9.95. The van der Waals surface area contributed by atoms with Gasteiger partial charge in [0.1, 0.15) is 0 Å². The first-order valence-electron chi connectivity index (χ1n) is 8.76. The van der Waals surface area contributed by atoms with Crippen LogP contribution in [0.5, 0.6) is 0 Å². The molecule has 0 saturated carbocycles. The summed E-state index contributed by atoms with van der Waals surface area (Å²) in [6.07, 6.45) is 0. The predicted molar refractivity (Wildman–Crippen MR) is 105 cm³/mol. The van der Waals surface area contributed by atoms with Crippen molar-refractivity contribution in [2.75, 3.05) is 11.9 Å². The van der Waals surface area contributed by atoms with Gasteiger partial charge in [0.05, 0.1) is 5.56 Å². The van der Waals surface area contributed by atoms with Crippen molar-refractivity contribution >= 4 is 23.3 Å². The molecule has 27 heavy (non-hydrogen) atoms. The fourth-order valence-corrected chi connectivity index (χ4v) is 2.45. The summed E-state index contributed by atoms with van der Waals surface area (Å²) >= 11 is 0. The summed E-state index contributed by atoms with van der Waals surface area (Å²) in [6, 6.07) is 11.9. The molecule has 0 aliphatic carbocycles. The molecule has 142 valence electrons. The molecule has 0 heterocycles. The Morgan fingerprint density at radius 1 is 0.889 bits per heavy atom. The second kappa shape index (κ2) is 8.16. The van der Waals surface area contributed by atoms with Gasteiger partial charge in [-0.2, -0.15) is 0 Å². The third-order valence-corrected chi connectivity index (χ3v) is 3.94. The summed E-state index contributed by atoms with van der Waals surface area (Å²) in [5.74, 6) is -0.936. The van der Waals surface area contributed by atoms with E-state index in [0.29, 0.717) is 16.8 Å². The number of amides is 1. The number of Topliss-reactive ketones (excluding diaryl/α,β-unsaturated/α-hetero) is 1. The van der Waals surface area contributed by atoms with Gasteiger partial charge in [0.2, 0.25) is 5.91 Å². The van der Waals surface area contributed by atoms with Gasteiger partial charge >= 0.3 is 5.97 Å². The van der Waals surface area contributed by atoms with Crippen LogP contribution in [0.4, 0.5) is 5.69 Å². The van der Waals surface area contributed by atoms with E-state index in [1.807, 2.05) is 40.7 Å². The molecule has 5 nitrogen and oxygen atoms in total. The highest BCUT2D eigenvalue weighted by molar-refractivity contribution is 6.00. The van der Waals surface area contributed by atoms with Crippen LogP contribution in [0.3, 0.4) is 0 Å². The van der Waals surface area contributed by atoms with Crippen LogP contribution in [0.2, 0.25) is 0 Å². The van der Waals surface area contributed by atoms with Crippen molar-refractivity contribution in [1.29, 1.82) is 0 Å². The number of nitrogens with one attached hydrogen (secondary N) is 1. The van der Waals surface area contributed by atoms with Gasteiger partial charge in [-0.05, 0) is 50.2 Å². The number of ether oxygens (including phenoxy) is 1. The number of aryl methyl sites for hydroxylation is 2. The summed E-state index contributed by atoms with van der Waals surface area (Å²) < 4.78 is 5.14. The van der Waals surface area contributed by atoms with E-state index in [9.17, 15) is 14.4 Å². The van der Waals surface area contributed by atoms with Gasteiger partial charge in [0, 0.05) is 16.7 Å². The highest BCUT2D eigenvalue weighted by Crippen LogP contribution is 2.18. The largest absolute Gasteiger partial charge is 0.454 e. The number of ketones is 1. The first kappa shape index (κ1) is 20.4. The topological polar surface area (TPSA) is 72.5 Å². The molecule has 0 aromatic heterocycles. The van der Waals surface area contributed by atoms with Crippen molar-refractivity contribution in [3.63, 3.8) is 0 Å². The Balaban J connectivity index is 1.96. The summed E-state index contributed by atoms with van der Waals surface area (Å²) in [7, 11) is 0. The van der Waals surface area contributed by atoms with Crippen LogP contribution < -0.4 is 5.32 Å². The second-order valence-electron chi connectivity index (χ2n) is 7.66. The molecular weight excluding hydrogens is 342 g/mol. The van der Waals surface area contributed by atoms with Crippen molar-refractivity contribution in [1.82, 2.24) is 0 Å². The normalized spacial score (nSPS) is 11.0. The molecular formula is C22H25NO4. The zero-order valence-corrected chi connectivity index (χ0v) is 16.4. The van der Waals surface area contributed by atoms with E-state index in [1.54, 1.807) is 36.4 Å². The minimum absolute atomic E-state index is 0.107. The molecule has 0 atom stereocenters. The maximum absolute atomic E-state index is 12.2. The number of rotatable bonds is 5. The molecule has 1 amide bonds. The van der Waals surface area contributed by atoms with Gasteiger partial charge in [0.15, 0.2) is 12.4 Å². The van der Waals surface area contributed by atoms with Crippen LogP contribution in [0, 0.1) is 19.3 Å². The molecule has 1 N–H and O–H groups in total. The molecule has 0 spiro atoms. The SMILES string of the molecule is Cc1cc(C)cc(C(=O)OCC(=O)c2ccc(NC(=O)C(C)(C)C)cc2)c1. The fourth-order valence-electron chi connectivity index (χ4n) is 2.45. The van der Waals surface area contributed by atoms with Crippen LogP contribution in [-0.4, -0.2) is 24.3 Å². The lowest BCUT2D eigenvalue weighted by molar-refractivity contribution is -0.123. The molecule has 0 saturated heterocycles. The molecule has 0 fully saturated rings. The van der Waals surface area contributed by atoms with E-state index in [2.05, 4.69) is 5.32 Å². The first-order chi connectivity index (χ1) is 12.6. The van der Waals surface area contributed by atoms with Crippen LogP contribution in [0.25, 0.3) is 0 Å². The van der Waals surface area contributed by atoms with Crippen molar-refractivity contribution < 1.29 is 19.1 Å². The molecule has 0 aliphatic rings. The summed E-state index contributed by atoms with van der Waals surface area (Å²) in [5.41, 5.74) is 2.87. The van der Waals surface area contributed by atoms with Crippen LogP contribution in [0.1, 0.15) is 52.6 Å². The molecule has 0 bridgehead atoms. The standard InChI is InChI=1S/C22H25NO4/c1-14-10-15(2)12-17(11-14)20(25)27-13-19(24)16-6-8-18(9-7-16)23-21(26)22(3,4)5/h6-12H,13H2,1-5H3,(H,23,26). The molecule has 0 unspecified atom stereocenters. The van der Waals surface area contributed by atoms with Crippen LogP contribution >= 0.6 is 0 Å². The van der Waals surface area contributed by atoms with E-state index in [-0.39, 0.29) is 18.3 Å². The molecule has 0 aliphatic heterocycles. The Labute approximate surface area is 159 Å². The lowest BCUT2D eigenvalue weighted by Gasteiger charge is -2.17. The Morgan fingerprint density at radius 3 is 1.96 bits per heavy atom. The minimum atomic E-state index is -0.524. The van der Waals surface area contributed by atoms with Crippen molar-refractivity contribution in [2.45, 2.75) is 34.6 Å². The Bertz CT molecular complexity index is 841. The van der Waals surface area contributed by atoms with Gasteiger partial charge in [-0.1, -0.05) is 38.0 Å². The van der Waals surface area contributed by atoms with Gasteiger partial charge in [-0.3, -0.25) is 9.59 Å². The molecule has 5 heteroatoms. The van der Waals surface area contributed by atoms with E-state index in [4.69, 9.17) is 4.74 Å². The van der Waals surface area contributed by atoms with Crippen molar-refractivity contribution in [2.24, 2.45) is 5.41 Å². The quantitative estimate of drug-likeness (QED) is 0.631. The minimum Gasteiger partial charge on any atom is -0.454 e. The summed E-state index contributed by atoms with van der Waals surface area (Å²) in [6.45, 7) is 8.93. The van der Waals surface area contributed by atoms with Crippen molar-refractivity contribution in [3.05, 3.63) is 64.7 Å². The number of hydrogen-bond acceptors (Lipinski definition) is 4. The number of hydrogen-bond donors (Lipinski definition) is 1. The van der Waals surface area contributed by atoms with Crippen LogP contribution in [-0.2, 0) is 9.53 Å². The highest BCUT2D eigenvalue weighted by atomic mass is 16.5. The second-order valence-corrected chi connectivity index (χ2v) is 7.66. The number of benzene rings is 2. The molecule has 0 radical (unpaired) electrons. The number of anilines is 1. The maximum atomic E-state index is 12.2. The zero-order chi connectivity index (χ0) is 20.2. The van der Waals surface area contributed by atoms with E-state index < -0.39 is 11.4 Å². The number of carbonyl (C=O) groups excluding carboxylic acids is 3. The Kier molecular flexibility index (Phi) is 6.16. The molecule has 2 aromatic carbocycles. The van der Waals surface area contributed by atoms with Crippen molar-refractivity contribution in [3.8, 4) is 0 Å². The molecule has 2 aromatic rings. The fraction of sp³-hybridized carbons (Fsp3) is 0.318. The average molecular weight is 367 g/mol. The maximum Gasteiger partial charge on any atom is 0.338 e. The third-order valence-electron chi connectivity index (χ3n) is 3.94. The predicted octanol–water partition coefficient (Wildman–Crippen LogP) is 4.33. The lowest BCUT2D eigenvalue weighted by Crippen LogP contribution is -2.27. The van der Waals surface area contributed by atoms with E-state index >= 15 is 0 Å². The summed E-state index contributed by atoms with van der Waals surface area (Å²) in [5, 5.41) is 2.79. The van der Waals surface area contributed by atoms with Gasteiger partial charge < -0.3 is 10.1 Å². The van der Waals surface area contributed by atoms with Gasteiger partial charge in [0.25, 0.3) is 0 Å². The third kappa shape index (κ3) is 5.78. The first-order valence-corrected chi connectivity index (χ1v) is 8.76. The van der Waals surface area contributed by atoms with E-state index in [0.717, 1.165) is 11.1 Å². The monoisotopic (exact) mass is 367 g/mol. The number of carbonyl (C=O) groups is 3. The summed E-state index contributed by atoms with van der Waals surface area (Å²) in [4.78, 5) is 36.4. The van der Waals surface area contributed by atoms with Gasteiger partial charge in [-0.25, -0.2) is 4.79 Å². The van der Waals surface area contributed by atoms with Crippen LogP contribution in [0.15, 0.2) is 42.5 Å². The Hall–Kier alpha value is -2.95. The van der Waals surface area contributed by atoms with E-state index in [1.165, 1.54) is 0 Å². The average Bonchev–Trinajstić information content (AvgIpc) is 2.58. The smallest absolute Gasteiger partial charge is 0.338 e. The number of esters is 1. The Morgan fingerprint density at radius 2 is 1.44 bits per heavy atom. The zero-order valence-electron chi connectivity index (χ0n) is 16.4.